The third kappa shape index (κ3) is 8.20. The maximum Gasteiger partial charge on any atom is 0.323 e. The number of fused-ring (bicyclic) bond motifs is 1. The standard InChI is InChI=1S/C36H42N8O6/c1-4-50-31(45)13-15-37-36(46)44-16-14-30-32(40-35(41-33(30)44)42-17-19-49-20-18-42)27-21-38-34(39-22-27)43(23-25-5-9-28(47-2)10-6-25)24-26-7-11-29(48-3)12-8-26/h5-12,21-22H,4,13-20,23-24H2,1-3H3,(H,37,46). The number of hydrogen-bond acceptors (Lipinski definition) is 12. The van der Waals surface area contributed by atoms with Crippen molar-refractivity contribution >= 4 is 29.7 Å². The number of morpholine rings is 1. The summed E-state index contributed by atoms with van der Waals surface area (Å²) < 4.78 is 21.3. The van der Waals surface area contributed by atoms with E-state index in [0.717, 1.165) is 33.8 Å². The second-order valence-electron chi connectivity index (χ2n) is 11.8. The van der Waals surface area contributed by atoms with Gasteiger partial charge in [-0.2, -0.15) is 4.98 Å². The third-order valence-electron chi connectivity index (χ3n) is 8.52. The number of esters is 1. The number of aromatic nitrogens is 4. The van der Waals surface area contributed by atoms with E-state index in [1.54, 1.807) is 38.4 Å². The van der Waals surface area contributed by atoms with Gasteiger partial charge in [0.25, 0.3) is 0 Å². The van der Waals surface area contributed by atoms with E-state index in [-0.39, 0.29) is 25.0 Å². The largest absolute Gasteiger partial charge is 0.497 e. The SMILES string of the molecule is CCOC(=O)CCNC(=O)N1CCc2c(-c3cnc(N(Cc4ccc(OC)cc4)Cc4ccc(OC)cc4)nc3)nc(N3CCOCC3)nc21. The molecule has 0 spiro atoms. The van der Waals surface area contributed by atoms with E-state index in [1.807, 2.05) is 48.5 Å². The average molecular weight is 683 g/mol. The summed E-state index contributed by atoms with van der Waals surface area (Å²) in [5.74, 6) is 2.83. The third-order valence-corrected chi connectivity index (χ3v) is 8.52. The van der Waals surface area contributed by atoms with Gasteiger partial charge in [0.05, 0.1) is 46.2 Å². The molecule has 6 rings (SSSR count). The number of methoxy groups -OCH3 is 2. The predicted molar refractivity (Wildman–Crippen MR) is 188 cm³/mol. The number of benzene rings is 2. The van der Waals surface area contributed by atoms with Crippen LogP contribution in [-0.2, 0) is 33.8 Å². The second-order valence-corrected chi connectivity index (χ2v) is 11.8. The molecule has 4 heterocycles. The number of nitrogens with one attached hydrogen (secondary N) is 1. The van der Waals surface area contributed by atoms with Gasteiger partial charge in [-0.3, -0.25) is 9.69 Å². The monoisotopic (exact) mass is 682 g/mol. The van der Waals surface area contributed by atoms with Gasteiger partial charge in [0.2, 0.25) is 11.9 Å². The zero-order valence-corrected chi connectivity index (χ0v) is 28.6. The van der Waals surface area contributed by atoms with Crippen LogP contribution in [0.4, 0.5) is 22.5 Å². The smallest absolute Gasteiger partial charge is 0.323 e. The fourth-order valence-electron chi connectivity index (χ4n) is 5.89. The van der Waals surface area contributed by atoms with Crippen LogP contribution in [0.5, 0.6) is 11.5 Å². The van der Waals surface area contributed by atoms with Crippen LogP contribution in [0.1, 0.15) is 30.0 Å². The number of rotatable bonds is 13. The topological polar surface area (TPSA) is 144 Å². The first kappa shape index (κ1) is 34.4. The number of carbonyl (C=O) groups excluding carboxylic acids is 2. The van der Waals surface area contributed by atoms with Gasteiger partial charge in [0.1, 0.15) is 17.3 Å². The molecule has 0 radical (unpaired) electrons. The molecule has 1 fully saturated rings. The zero-order valence-electron chi connectivity index (χ0n) is 28.6. The van der Waals surface area contributed by atoms with Crippen molar-refractivity contribution in [2.24, 2.45) is 0 Å². The Kier molecular flexibility index (Phi) is 11.2. The van der Waals surface area contributed by atoms with Gasteiger partial charge in [-0.25, -0.2) is 19.7 Å². The summed E-state index contributed by atoms with van der Waals surface area (Å²) in [5.41, 5.74) is 4.40. The van der Waals surface area contributed by atoms with E-state index < -0.39 is 0 Å². The van der Waals surface area contributed by atoms with Crippen LogP contribution in [0, 0.1) is 0 Å². The highest BCUT2D eigenvalue weighted by Crippen LogP contribution is 2.36. The molecular weight excluding hydrogens is 640 g/mol. The first-order valence-electron chi connectivity index (χ1n) is 16.7. The minimum atomic E-state index is -0.358. The second kappa shape index (κ2) is 16.3. The summed E-state index contributed by atoms with van der Waals surface area (Å²) in [6.07, 6.45) is 4.21. The Balaban J connectivity index is 1.29. The molecule has 2 aromatic heterocycles. The molecule has 0 unspecified atom stereocenters. The normalized spacial score (nSPS) is 13.8. The number of nitrogens with zero attached hydrogens (tertiary/aromatic N) is 7. The summed E-state index contributed by atoms with van der Waals surface area (Å²) in [6.45, 7) is 6.15. The van der Waals surface area contributed by atoms with E-state index in [0.29, 0.717) is 82.4 Å². The molecule has 1 saturated heterocycles. The highest BCUT2D eigenvalue weighted by molar-refractivity contribution is 5.94. The quantitative estimate of drug-likeness (QED) is 0.204. The van der Waals surface area contributed by atoms with E-state index in [4.69, 9.17) is 38.9 Å². The molecule has 50 heavy (non-hydrogen) atoms. The van der Waals surface area contributed by atoms with Crippen LogP contribution in [0.3, 0.4) is 0 Å². The van der Waals surface area contributed by atoms with Crippen molar-refractivity contribution in [3.63, 3.8) is 0 Å². The van der Waals surface area contributed by atoms with Crippen molar-refractivity contribution in [2.75, 3.05) is 74.9 Å². The van der Waals surface area contributed by atoms with Gasteiger partial charge in [0.15, 0.2) is 0 Å². The molecule has 0 bridgehead atoms. The molecule has 4 aromatic rings. The van der Waals surface area contributed by atoms with Crippen molar-refractivity contribution in [3.05, 3.63) is 77.6 Å². The first-order chi connectivity index (χ1) is 24.4. The minimum absolute atomic E-state index is 0.0892. The Morgan fingerprint density at radius 2 is 1.50 bits per heavy atom. The minimum Gasteiger partial charge on any atom is -0.497 e. The summed E-state index contributed by atoms with van der Waals surface area (Å²) in [5, 5.41) is 2.83. The number of ether oxygens (including phenoxy) is 4. The fraction of sp³-hybridized carbons (Fsp3) is 0.389. The van der Waals surface area contributed by atoms with Crippen LogP contribution in [0.25, 0.3) is 11.3 Å². The molecule has 2 aliphatic heterocycles. The number of amides is 2. The van der Waals surface area contributed by atoms with Crippen molar-refractivity contribution < 1.29 is 28.5 Å². The molecule has 0 saturated carbocycles. The lowest BCUT2D eigenvalue weighted by atomic mass is 10.1. The van der Waals surface area contributed by atoms with Gasteiger partial charge >= 0.3 is 12.0 Å². The van der Waals surface area contributed by atoms with Gasteiger partial charge in [-0.05, 0) is 48.7 Å². The molecule has 1 N–H and O–H groups in total. The van der Waals surface area contributed by atoms with Gasteiger partial charge in [-0.1, -0.05) is 24.3 Å². The van der Waals surface area contributed by atoms with Crippen molar-refractivity contribution in [1.82, 2.24) is 25.3 Å². The van der Waals surface area contributed by atoms with Crippen LogP contribution < -0.4 is 29.5 Å². The summed E-state index contributed by atoms with van der Waals surface area (Å²) in [7, 11) is 3.30. The molecule has 14 heteroatoms. The highest BCUT2D eigenvalue weighted by Gasteiger charge is 2.32. The molecule has 2 amide bonds. The summed E-state index contributed by atoms with van der Waals surface area (Å²) in [6, 6.07) is 15.6. The van der Waals surface area contributed by atoms with E-state index >= 15 is 0 Å². The van der Waals surface area contributed by atoms with Crippen LogP contribution in [0.15, 0.2) is 60.9 Å². The Labute approximate surface area is 291 Å². The molecule has 2 aromatic carbocycles. The Hall–Kier alpha value is -5.50. The Morgan fingerprint density at radius 1 is 0.880 bits per heavy atom. The molecule has 262 valence electrons. The van der Waals surface area contributed by atoms with Gasteiger partial charge in [-0.15, -0.1) is 0 Å². The molecular formula is C36H42N8O6. The highest BCUT2D eigenvalue weighted by atomic mass is 16.5. The Morgan fingerprint density at radius 3 is 2.08 bits per heavy atom. The average Bonchev–Trinajstić information content (AvgIpc) is 3.60. The predicted octanol–water partition coefficient (Wildman–Crippen LogP) is 4.02. The molecule has 0 atom stereocenters. The number of hydrogen-bond donors (Lipinski definition) is 1. The summed E-state index contributed by atoms with van der Waals surface area (Å²) >= 11 is 0. The van der Waals surface area contributed by atoms with E-state index in [9.17, 15) is 9.59 Å². The van der Waals surface area contributed by atoms with Gasteiger partial charge < -0.3 is 34.1 Å². The van der Waals surface area contributed by atoms with Crippen molar-refractivity contribution in [2.45, 2.75) is 32.9 Å². The van der Waals surface area contributed by atoms with Crippen LogP contribution in [0.2, 0.25) is 0 Å². The summed E-state index contributed by atoms with van der Waals surface area (Å²) in [4.78, 5) is 50.4. The first-order valence-corrected chi connectivity index (χ1v) is 16.7. The Bertz CT molecular complexity index is 1700. The molecule has 0 aliphatic carbocycles. The van der Waals surface area contributed by atoms with Crippen LogP contribution >= 0.6 is 0 Å². The molecule has 14 nitrogen and oxygen atoms in total. The number of urea groups is 1. The lowest BCUT2D eigenvalue weighted by Crippen LogP contribution is -2.41. The van der Waals surface area contributed by atoms with E-state index in [1.165, 1.54) is 0 Å². The lowest BCUT2D eigenvalue weighted by molar-refractivity contribution is -0.142. The van der Waals surface area contributed by atoms with Crippen LogP contribution in [-0.4, -0.2) is 92.2 Å². The van der Waals surface area contributed by atoms with Crippen molar-refractivity contribution in [3.8, 4) is 22.8 Å². The number of anilines is 3. The molecule has 2 aliphatic rings. The van der Waals surface area contributed by atoms with Crippen molar-refractivity contribution in [1.29, 1.82) is 0 Å². The number of carbonyl (C=O) groups is 2. The zero-order chi connectivity index (χ0) is 34.9. The van der Waals surface area contributed by atoms with E-state index in [2.05, 4.69) is 15.1 Å². The maximum absolute atomic E-state index is 13.3. The lowest BCUT2D eigenvalue weighted by Gasteiger charge is -2.28. The van der Waals surface area contributed by atoms with Gasteiger partial charge in [0, 0.05) is 62.8 Å². The fourth-order valence-corrected chi connectivity index (χ4v) is 5.89. The maximum atomic E-state index is 13.3.